The Bertz CT molecular complexity index is 523. The fourth-order valence-corrected chi connectivity index (χ4v) is 1.94. The van der Waals surface area contributed by atoms with Gasteiger partial charge in [0.2, 0.25) is 0 Å². The second-order valence-electron chi connectivity index (χ2n) is 3.87. The van der Waals surface area contributed by atoms with Gasteiger partial charge in [0.15, 0.2) is 0 Å². The molecule has 18 heavy (non-hydrogen) atoms. The van der Waals surface area contributed by atoms with Gasteiger partial charge in [-0.3, -0.25) is 0 Å². The molecule has 92 valence electrons. The maximum Gasteiger partial charge on any atom is 0.142 e. The maximum absolute atomic E-state index is 10.6. The van der Waals surface area contributed by atoms with E-state index in [2.05, 4.69) is 0 Å². The Morgan fingerprint density at radius 2 is 1.83 bits per heavy atom. The summed E-state index contributed by atoms with van der Waals surface area (Å²) in [7, 11) is 0. The van der Waals surface area contributed by atoms with Crippen molar-refractivity contribution in [1.82, 2.24) is 0 Å². The Morgan fingerprint density at radius 3 is 2.56 bits per heavy atom. The topological polar surface area (TPSA) is 26.3 Å². The first-order chi connectivity index (χ1) is 8.81. The molecule has 2 nitrogen and oxygen atoms in total. The van der Waals surface area contributed by atoms with Crippen molar-refractivity contribution in [3.63, 3.8) is 0 Å². The minimum Gasteiger partial charge on any atom is -0.487 e. The van der Waals surface area contributed by atoms with Gasteiger partial charge in [-0.25, -0.2) is 0 Å². The molecule has 0 saturated carbocycles. The van der Waals surface area contributed by atoms with Crippen LogP contribution in [0.3, 0.4) is 0 Å². The third-order valence-corrected chi connectivity index (χ3v) is 2.88. The van der Waals surface area contributed by atoms with E-state index >= 15 is 0 Å². The first-order valence-electron chi connectivity index (χ1n) is 5.69. The lowest BCUT2D eigenvalue weighted by atomic mass is 10.1. The summed E-state index contributed by atoms with van der Waals surface area (Å²) < 4.78 is 5.72. The van der Waals surface area contributed by atoms with E-state index in [1.165, 1.54) is 0 Å². The first-order valence-corrected chi connectivity index (χ1v) is 6.07. The number of hydrogen-bond acceptors (Lipinski definition) is 2. The summed E-state index contributed by atoms with van der Waals surface area (Å²) >= 11 is 6.09. The molecule has 0 bridgehead atoms. The lowest BCUT2D eigenvalue weighted by molar-refractivity contribution is -0.107. The molecule has 3 heteroatoms. The van der Waals surface area contributed by atoms with Crippen LogP contribution in [0.1, 0.15) is 11.1 Å². The molecule has 2 rings (SSSR count). The molecule has 0 unspecified atom stereocenters. The van der Waals surface area contributed by atoms with Crippen LogP contribution in [-0.4, -0.2) is 6.29 Å². The van der Waals surface area contributed by atoms with E-state index in [0.717, 1.165) is 17.4 Å². The number of para-hydroxylation sites is 1. The van der Waals surface area contributed by atoms with Gasteiger partial charge >= 0.3 is 0 Å². The molecule has 0 saturated heterocycles. The zero-order valence-corrected chi connectivity index (χ0v) is 10.6. The number of benzene rings is 2. The molecule has 0 aliphatic carbocycles. The van der Waals surface area contributed by atoms with Crippen LogP contribution in [0, 0.1) is 0 Å². The number of ether oxygens (including phenoxy) is 1. The largest absolute Gasteiger partial charge is 0.487 e. The van der Waals surface area contributed by atoms with Crippen molar-refractivity contribution in [1.29, 1.82) is 0 Å². The van der Waals surface area contributed by atoms with Gasteiger partial charge in [-0.2, -0.15) is 0 Å². The summed E-state index contributed by atoms with van der Waals surface area (Å²) in [5, 5.41) is 0.533. The summed E-state index contributed by atoms with van der Waals surface area (Å²) in [6, 6.07) is 15.3. The number of carbonyl (C=O) groups excluding carboxylic acids is 1. The Morgan fingerprint density at radius 1 is 1.06 bits per heavy atom. The SMILES string of the molecule is O=CCc1cccc(Cl)c1OCc1ccccc1. The van der Waals surface area contributed by atoms with E-state index in [9.17, 15) is 4.79 Å². The van der Waals surface area contributed by atoms with Crippen LogP contribution in [0.25, 0.3) is 0 Å². The Labute approximate surface area is 111 Å². The van der Waals surface area contributed by atoms with Crippen LogP contribution < -0.4 is 4.74 Å². The lowest BCUT2D eigenvalue weighted by Gasteiger charge is -2.11. The van der Waals surface area contributed by atoms with Crippen LogP contribution in [0.15, 0.2) is 48.5 Å². The van der Waals surface area contributed by atoms with E-state index in [4.69, 9.17) is 16.3 Å². The molecular formula is C15H13ClO2. The highest BCUT2D eigenvalue weighted by molar-refractivity contribution is 6.32. The highest BCUT2D eigenvalue weighted by Crippen LogP contribution is 2.29. The fourth-order valence-electron chi connectivity index (χ4n) is 1.70. The Balaban J connectivity index is 2.15. The molecule has 0 N–H and O–H groups in total. The molecule has 0 radical (unpaired) electrons. The van der Waals surface area contributed by atoms with Gasteiger partial charge in [0.25, 0.3) is 0 Å². The lowest BCUT2D eigenvalue weighted by Crippen LogP contribution is -1.99. The van der Waals surface area contributed by atoms with E-state index in [1.807, 2.05) is 42.5 Å². The van der Waals surface area contributed by atoms with Crippen LogP contribution in [0.5, 0.6) is 5.75 Å². The van der Waals surface area contributed by atoms with Gasteiger partial charge in [0.05, 0.1) is 5.02 Å². The molecular weight excluding hydrogens is 248 g/mol. The van der Waals surface area contributed by atoms with Gasteiger partial charge in [-0.1, -0.05) is 54.1 Å². The minimum absolute atomic E-state index is 0.310. The smallest absolute Gasteiger partial charge is 0.142 e. The van der Waals surface area contributed by atoms with E-state index < -0.39 is 0 Å². The highest BCUT2D eigenvalue weighted by Gasteiger charge is 2.08. The summed E-state index contributed by atoms with van der Waals surface area (Å²) in [6.07, 6.45) is 1.16. The van der Waals surface area contributed by atoms with Gasteiger partial charge in [0, 0.05) is 12.0 Å². The molecule has 0 fully saturated rings. The van der Waals surface area contributed by atoms with Crippen molar-refractivity contribution in [3.05, 3.63) is 64.7 Å². The number of hydrogen-bond donors (Lipinski definition) is 0. The van der Waals surface area contributed by atoms with Gasteiger partial charge in [0.1, 0.15) is 18.6 Å². The number of aldehydes is 1. The van der Waals surface area contributed by atoms with Crippen molar-refractivity contribution in [2.24, 2.45) is 0 Å². The Kier molecular flexibility index (Phi) is 4.37. The average Bonchev–Trinajstić information content (AvgIpc) is 2.40. The average molecular weight is 261 g/mol. The van der Waals surface area contributed by atoms with E-state index in [-0.39, 0.29) is 0 Å². The van der Waals surface area contributed by atoms with Crippen LogP contribution in [-0.2, 0) is 17.8 Å². The van der Waals surface area contributed by atoms with Crippen molar-refractivity contribution in [3.8, 4) is 5.75 Å². The standard InChI is InChI=1S/C15H13ClO2/c16-14-8-4-7-13(9-10-17)15(14)18-11-12-5-2-1-3-6-12/h1-8,10H,9,11H2. The number of carbonyl (C=O) groups is 1. The fraction of sp³-hybridized carbons (Fsp3) is 0.133. The van der Waals surface area contributed by atoms with Crippen molar-refractivity contribution >= 4 is 17.9 Å². The molecule has 0 aliphatic heterocycles. The van der Waals surface area contributed by atoms with Gasteiger partial charge < -0.3 is 9.53 Å². The third kappa shape index (κ3) is 3.11. The number of halogens is 1. The van der Waals surface area contributed by atoms with E-state index in [1.54, 1.807) is 6.07 Å². The quantitative estimate of drug-likeness (QED) is 0.767. The van der Waals surface area contributed by atoms with Crippen molar-refractivity contribution in [2.75, 3.05) is 0 Å². The molecule has 2 aromatic rings. The molecule has 2 aromatic carbocycles. The van der Waals surface area contributed by atoms with Crippen LogP contribution in [0.4, 0.5) is 0 Å². The molecule has 0 atom stereocenters. The highest BCUT2D eigenvalue weighted by atomic mass is 35.5. The Hall–Kier alpha value is -1.80. The summed E-state index contributed by atoms with van der Waals surface area (Å²) in [4.78, 5) is 10.6. The predicted molar refractivity (Wildman–Crippen MR) is 72.0 cm³/mol. The first kappa shape index (κ1) is 12.7. The van der Waals surface area contributed by atoms with Crippen LogP contribution in [0.2, 0.25) is 5.02 Å². The zero-order valence-electron chi connectivity index (χ0n) is 9.80. The number of rotatable bonds is 5. The minimum atomic E-state index is 0.310. The molecule has 0 aromatic heterocycles. The molecule has 0 amide bonds. The van der Waals surface area contributed by atoms with Gasteiger partial charge in [-0.15, -0.1) is 0 Å². The summed E-state index contributed by atoms with van der Waals surface area (Å²) in [5.41, 5.74) is 1.88. The van der Waals surface area contributed by atoms with Crippen molar-refractivity contribution in [2.45, 2.75) is 13.0 Å². The van der Waals surface area contributed by atoms with Gasteiger partial charge in [-0.05, 0) is 11.6 Å². The second-order valence-corrected chi connectivity index (χ2v) is 4.28. The van der Waals surface area contributed by atoms with E-state index in [0.29, 0.717) is 23.8 Å². The normalized spacial score (nSPS) is 10.1. The monoisotopic (exact) mass is 260 g/mol. The summed E-state index contributed by atoms with van der Waals surface area (Å²) in [6.45, 7) is 0.441. The van der Waals surface area contributed by atoms with Crippen LogP contribution >= 0.6 is 11.6 Å². The zero-order chi connectivity index (χ0) is 12.8. The predicted octanol–water partition coefficient (Wildman–Crippen LogP) is 3.66. The van der Waals surface area contributed by atoms with Crippen molar-refractivity contribution < 1.29 is 9.53 Å². The summed E-state index contributed by atoms with van der Waals surface area (Å²) in [5.74, 6) is 0.593. The molecule has 0 spiro atoms. The molecule has 0 heterocycles. The third-order valence-electron chi connectivity index (χ3n) is 2.58. The molecule has 0 aliphatic rings. The maximum atomic E-state index is 10.6. The second kappa shape index (κ2) is 6.22.